The number of carboxylic acids is 1. The Kier molecular flexibility index (Phi) is 7.23. The first kappa shape index (κ1) is 13.2. The topological polar surface area (TPSA) is 89.6 Å². The lowest BCUT2D eigenvalue weighted by Crippen LogP contribution is -2.32. The summed E-state index contributed by atoms with van der Waals surface area (Å²) in [6, 6.07) is -0.859. The molecule has 14 heavy (non-hydrogen) atoms. The molecule has 0 heterocycles. The second-order valence-electron chi connectivity index (χ2n) is 2.57. The Morgan fingerprint density at radius 2 is 2.21 bits per heavy atom. The minimum Gasteiger partial charge on any atom is -0.480 e. The molecule has 82 valence electrons. The number of esters is 1. The SMILES string of the molecule is CCOC(=O)CCSC[C@H](N)C(=O)O. The molecule has 0 saturated carbocycles. The molecular formula is C8H15NO4S. The number of carbonyl (C=O) groups is 2. The van der Waals surface area contributed by atoms with Crippen molar-refractivity contribution in [2.75, 3.05) is 18.1 Å². The van der Waals surface area contributed by atoms with Crippen molar-refractivity contribution < 1.29 is 19.4 Å². The molecule has 0 fully saturated rings. The highest BCUT2D eigenvalue weighted by molar-refractivity contribution is 7.99. The molecule has 0 rings (SSSR count). The van der Waals surface area contributed by atoms with Gasteiger partial charge in [-0.2, -0.15) is 11.8 Å². The van der Waals surface area contributed by atoms with Crippen molar-refractivity contribution in [1.29, 1.82) is 0 Å². The van der Waals surface area contributed by atoms with E-state index in [4.69, 9.17) is 15.6 Å². The zero-order chi connectivity index (χ0) is 11.0. The van der Waals surface area contributed by atoms with Crippen LogP contribution in [0.4, 0.5) is 0 Å². The minimum atomic E-state index is -1.02. The van der Waals surface area contributed by atoms with Crippen LogP contribution in [0.1, 0.15) is 13.3 Å². The van der Waals surface area contributed by atoms with E-state index >= 15 is 0 Å². The summed E-state index contributed by atoms with van der Waals surface area (Å²) in [4.78, 5) is 21.1. The largest absolute Gasteiger partial charge is 0.480 e. The Morgan fingerprint density at radius 1 is 1.57 bits per heavy atom. The van der Waals surface area contributed by atoms with Gasteiger partial charge in [0.15, 0.2) is 0 Å². The Balaban J connectivity index is 3.37. The maximum atomic E-state index is 10.8. The smallest absolute Gasteiger partial charge is 0.321 e. The number of nitrogens with two attached hydrogens (primary N) is 1. The Labute approximate surface area is 87.0 Å². The van der Waals surface area contributed by atoms with E-state index in [0.29, 0.717) is 24.5 Å². The molecule has 0 aliphatic carbocycles. The van der Waals surface area contributed by atoms with Gasteiger partial charge in [-0.25, -0.2) is 0 Å². The van der Waals surface area contributed by atoms with Crippen LogP contribution in [0.2, 0.25) is 0 Å². The van der Waals surface area contributed by atoms with E-state index in [1.54, 1.807) is 6.92 Å². The molecule has 0 aromatic heterocycles. The summed E-state index contributed by atoms with van der Waals surface area (Å²) in [5.74, 6) is -0.424. The van der Waals surface area contributed by atoms with Gasteiger partial charge in [0.05, 0.1) is 13.0 Å². The number of hydrogen-bond donors (Lipinski definition) is 2. The van der Waals surface area contributed by atoms with E-state index in [2.05, 4.69) is 0 Å². The van der Waals surface area contributed by atoms with Crippen molar-refractivity contribution in [3.8, 4) is 0 Å². The fourth-order valence-corrected chi connectivity index (χ4v) is 1.54. The fraction of sp³-hybridized carbons (Fsp3) is 0.750. The number of carbonyl (C=O) groups excluding carboxylic acids is 1. The molecule has 0 aliphatic heterocycles. The molecule has 0 unspecified atom stereocenters. The van der Waals surface area contributed by atoms with Gasteiger partial charge >= 0.3 is 11.9 Å². The van der Waals surface area contributed by atoms with E-state index in [9.17, 15) is 9.59 Å². The standard InChI is InChI=1S/C8H15NO4S/c1-2-13-7(10)3-4-14-5-6(9)8(11)12/h6H,2-5,9H2,1H3,(H,11,12)/t6-/m0/s1. The van der Waals surface area contributed by atoms with Crippen LogP contribution in [0.5, 0.6) is 0 Å². The highest BCUT2D eigenvalue weighted by Gasteiger charge is 2.11. The Morgan fingerprint density at radius 3 is 2.71 bits per heavy atom. The Bertz CT molecular complexity index is 198. The molecule has 0 radical (unpaired) electrons. The zero-order valence-corrected chi connectivity index (χ0v) is 8.88. The zero-order valence-electron chi connectivity index (χ0n) is 8.06. The number of rotatable bonds is 7. The van der Waals surface area contributed by atoms with Crippen LogP contribution in [0, 0.1) is 0 Å². The monoisotopic (exact) mass is 221 g/mol. The van der Waals surface area contributed by atoms with Crippen LogP contribution in [-0.2, 0) is 14.3 Å². The van der Waals surface area contributed by atoms with Crippen LogP contribution < -0.4 is 5.73 Å². The average molecular weight is 221 g/mol. The predicted octanol–water partition coefficient (Wildman–Crippen LogP) is 0.0847. The summed E-state index contributed by atoms with van der Waals surface area (Å²) < 4.78 is 4.70. The van der Waals surface area contributed by atoms with Crippen LogP contribution in [0.25, 0.3) is 0 Å². The normalized spacial score (nSPS) is 12.1. The molecule has 0 spiro atoms. The fourth-order valence-electron chi connectivity index (χ4n) is 0.670. The summed E-state index contributed by atoms with van der Waals surface area (Å²) in [5, 5.41) is 8.44. The molecule has 3 N–H and O–H groups in total. The summed E-state index contributed by atoms with van der Waals surface area (Å²) in [6.07, 6.45) is 0.296. The third kappa shape index (κ3) is 6.73. The molecule has 0 aromatic carbocycles. The molecule has 0 amide bonds. The highest BCUT2D eigenvalue weighted by Crippen LogP contribution is 2.04. The first-order chi connectivity index (χ1) is 6.57. The third-order valence-electron chi connectivity index (χ3n) is 1.37. The van der Waals surface area contributed by atoms with Gasteiger partial charge in [0, 0.05) is 11.5 Å². The second-order valence-corrected chi connectivity index (χ2v) is 3.72. The predicted molar refractivity (Wildman–Crippen MR) is 54.2 cm³/mol. The maximum absolute atomic E-state index is 10.8. The van der Waals surface area contributed by atoms with E-state index in [1.807, 2.05) is 0 Å². The van der Waals surface area contributed by atoms with E-state index in [-0.39, 0.29) is 5.97 Å². The number of thioether (sulfide) groups is 1. The lowest BCUT2D eigenvalue weighted by Gasteiger charge is -2.05. The van der Waals surface area contributed by atoms with Crippen LogP contribution in [0.3, 0.4) is 0 Å². The average Bonchev–Trinajstić information content (AvgIpc) is 2.12. The lowest BCUT2D eigenvalue weighted by molar-refractivity contribution is -0.142. The molecule has 5 nitrogen and oxygen atoms in total. The molecule has 0 saturated heterocycles. The number of carboxylic acid groups (broad SMARTS) is 1. The van der Waals surface area contributed by atoms with Crippen LogP contribution in [0.15, 0.2) is 0 Å². The summed E-state index contributed by atoms with van der Waals surface area (Å²) >= 11 is 1.34. The summed E-state index contributed by atoms with van der Waals surface area (Å²) in [6.45, 7) is 2.11. The minimum absolute atomic E-state index is 0.260. The van der Waals surface area contributed by atoms with E-state index in [1.165, 1.54) is 11.8 Å². The van der Waals surface area contributed by atoms with Gasteiger partial charge in [0.25, 0.3) is 0 Å². The quantitative estimate of drug-likeness (QED) is 0.467. The summed E-state index contributed by atoms with van der Waals surface area (Å²) in [7, 11) is 0. The van der Waals surface area contributed by atoms with Crippen LogP contribution >= 0.6 is 11.8 Å². The van der Waals surface area contributed by atoms with Crippen molar-refractivity contribution in [3.63, 3.8) is 0 Å². The van der Waals surface area contributed by atoms with Gasteiger partial charge in [-0.15, -0.1) is 0 Å². The van der Waals surface area contributed by atoms with Gasteiger partial charge in [-0.3, -0.25) is 9.59 Å². The van der Waals surface area contributed by atoms with Crippen molar-refractivity contribution in [2.45, 2.75) is 19.4 Å². The number of aliphatic carboxylic acids is 1. The maximum Gasteiger partial charge on any atom is 0.321 e. The lowest BCUT2D eigenvalue weighted by atomic mass is 10.4. The molecular weight excluding hydrogens is 206 g/mol. The number of hydrogen-bond acceptors (Lipinski definition) is 5. The highest BCUT2D eigenvalue weighted by atomic mass is 32.2. The van der Waals surface area contributed by atoms with Gasteiger partial charge in [-0.05, 0) is 6.92 Å². The van der Waals surface area contributed by atoms with Crippen molar-refractivity contribution in [2.24, 2.45) is 5.73 Å². The summed E-state index contributed by atoms with van der Waals surface area (Å²) in [5.41, 5.74) is 5.26. The molecule has 1 atom stereocenters. The van der Waals surface area contributed by atoms with Gasteiger partial charge in [0.2, 0.25) is 0 Å². The third-order valence-corrected chi connectivity index (χ3v) is 2.46. The molecule has 0 bridgehead atoms. The van der Waals surface area contributed by atoms with Crippen molar-refractivity contribution >= 4 is 23.7 Å². The van der Waals surface area contributed by atoms with E-state index < -0.39 is 12.0 Å². The van der Waals surface area contributed by atoms with Gasteiger partial charge in [0.1, 0.15) is 6.04 Å². The second kappa shape index (κ2) is 7.64. The first-order valence-electron chi connectivity index (χ1n) is 4.29. The number of ether oxygens (including phenoxy) is 1. The molecule has 0 aromatic rings. The molecule has 6 heteroatoms. The first-order valence-corrected chi connectivity index (χ1v) is 5.45. The van der Waals surface area contributed by atoms with Gasteiger partial charge < -0.3 is 15.6 Å². The molecule has 0 aliphatic rings. The van der Waals surface area contributed by atoms with Crippen LogP contribution in [-0.4, -0.2) is 41.2 Å². The van der Waals surface area contributed by atoms with Crippen molar-refractivity contribution in [3.05, 3.63) is 0 Å². The van der Waals surface area contributed by atoms with E-state index in [0.717, 1.165) is 0 Å². The van der Waals surface area contributed by atoms with Crippen molar-refractivity contribution in [1.82, 2.24) is 0 Å². The van der Waals surface area contributed by atoms with Gasteiger partial charge in [-0.1, -0.05) is 0 Å². The Hall–Kier alpha value is -0.750.